The molecule has 2 aromatic heterocycles. The van der Waals surface area contributed by atoms with Gasteiger partial charge in [0.2, 0.25) is 5.95 Å². The van der Waals surface area contributed by atoms with Crippen molar-refractivity contribution in [3.63, 3.8) is 0 Å². The number of hydrogen-bond acceptors (Lipinski definition) is 8. The summed E-state index contributed by atoms with van der Waals surface area (Å²) in [6, 6.07) is 17.1. The molecule has 0 atom stereocenters. The van der Waals surface area contributed by atoms with Crippen LogP contribution in [0.5, 0.6) is 0 Å². The van der Waals surface area contributed by atoms with Gasteiger partial charge >= 0.3 is 0 Å². The van der Waals surface area contributed by atoms with Crippen LogP contribution >= 0.6 is 0 Å². The highest BCUT2D eigenvalue weighted by atomic mass is 15.2. The Morgan fingerprint density at radius 2 is 1.74 bits per heavy atom. The molecule has 9 heteroatoms. The lowest BCUT2D eigenvalue weighted by atomic mass is 10.0. The second-order valence-corrected chi connectivity index (χ2v) is 7.53. The number of rotatable bonds is 6. The molecule has 0 fully saturated rings. The Balaban J connectivity index is 1.77. The monoisotopic (exact) mass is 445 g/mol. The maximum absolute atomic E-state index is 9.19. The Hall–Kier alpha value is -5.20. The van der Waals surface area contributed by atoms with E-state index in [1.165, 1.54) is 6.08 Å². The third-order valence-corrected chi connectivity index (χ3v) is 5.12. The first kappa shape index (κ1) is 22.0. The molecule has 0 saturated carbocycles. The number of allylic oxidation sites excluding steroid dienone is 1. The molecule has 2 aromatic carbocycles. The first-order valence-electron chi connectivity index (χ1n) is 10.3. The summed E-state index contributed by atoms with van der Waals surface area (Å²) in [7, 11) is 0. The summed E-state index contributed by atoms with van der Waals surface area (Å²) in [4.78, 5) is 13.7. The van der Waals surface area contributed by atoms with Crippen LogP contribution < -0.4 is 10.6 Å². The molecule has 0 bridgehead atoms. The number of hydrogen-bond donors (Lipinski definition) is 2. The van der Waals surface area contributed by atoms with Gasteiger partial charge in [0, 0.05) is 17.5 Å². The van der Waals surface area contributed by atoms with Crippen LogP contribution in [0.1, 0.15) is 22.3 Å². The quantitative estimate of drug-likeness (QED) is 0.401. The van der Waals surface area contributed by atoms with Crippen LogP contribution in [-0.4, -0.2) is 19.5 Å². The minimum Gasteiger partial charge on any atom is -0.338 e. The highest BCUT2D eigenvalue weighted by molar-refractivity contribution is 5.88. The fourth-order valence-corrected chi connectivity index (χ4v) is 3.58. The Morgan fingerprint density at radius 3 is 2.38 bits per heavy atom. The van der Waals surface area contributed by atoms with E-state index in [0.717, 1.165) is 28.1 Å². The first-order valence-corrected chi connectivity index (χ1v) is 10.3. The van der Waals surface area contributed by atoms with E-state index >= 15 is 0 Å². The number of anilines is 4. The van der Waals surface area contributed by atoms with Gasteiger partial charge in [0.15, 0.2) is 17.0 Å². The van der Waals surface area contributed by atoms with Crippen molar-refractivity contribution in [1.29, 1.82) is 15.8 Å². The van der Waals surface area contributed by atoms with E-state index in [1.54, 1.807) is 41.2 Å². The van der Waals surface area contributed by atoms with Gasteiger partial charge in [-0.3, -0.25) is 0 Å². The molecule has 0 spiro atoms. The predicted molar refractivity (Wildman–Crippen MR) is 129 cm³/mol. The van der Waals surface area contributed by atoms with Gasteiger partial charge in [-0.25, -0.2) is 4.98 Å². The van der Waals surface area contributed by atoms with Crippen LogP contribution in [0.4, 0.5) is 23.1 Å². The van der Waals surface area contributed by atoms with E-state index in [9.17, 15) is 5.26 Å². The molecule has 0 aliphatic carbocycles. The summed E-state index contributed by atoms with van der Waals surface area (Å²) in [6.45, 7) is 4.05. The van der Waals surface area contributed by atoms with Gasteiger partial charge in [-0.2, -0.15) is 25.8 Å². The SMILES string of the molecule is Cc1cc(/C=C/C#N)cc(C)c1Nc1nc(Nc2ccc(C#N)cc2)nc2c1ncn2CC#N. The van der Waals surface area contributed by atoms with Crippen molar-refractivity contribution in [3.05, 3.63) is 71.1 Å². The number of benzene rings is 2. The van der Waals surface area contributed by atoms with Crippen molar-refractivity contribution in [2.45, 2.75) is 20.4 Å². The Kier molecular flexibility index (Phi) is 6.16. The van der Waals surface area contributed by atoms with Crippen LogP contribution in [-0.2, 0) is 6.54 Å². The summed E-state index contributed by atoms with van der Waals surface area (Å²) < 4.78 is 1.65. The number of imidazole rings is 1. The number of nitriles is 3. The number of nitrogens with one attached hydrogen (secondary N) is 2. The standard InChI is InChI=1S/C25H19N9/c1-16-12-19(4-3-9-26)13-17(2)21(16)31-23-22-24(34(11-10-27)15-29-22)33-25(32-23)30-20-7-5-18(14-28)6-8-20/h3-8,12-13,15H,11H2,1-2H3,(H2,30,31,32,33)/b4-3+. The zero-order valence-electron chi connectivity index (χ0n) is 18.5. The van der Waals surface area contributed by atoms with Crippen LogP contribution in [0.15, 0.2) is 48.8 Å². The van der Waals surface area contributed by atoms with Crippen molar-refractivity contribution >= 4 is 40.4 Å². The van der Waals surface area contributed by atoms with Crippen LogP contribution in [0.3, 0.4) is 0 Å². The topological polar surface area (TPSA) is 139 Å². The van der Waals surface area contributed by atoms with E-state index in [1.807, 2.05) is 32.0 Å². The van der Waals surface area contributed by atoms with Crippen molar-refractivity contribution in [2.75, 3.05) is 10.6 Å². The van der Waals surface area contributed by atoms with Crippen molar-refractivity contribution in [3.8, 4) is 18.2 Å². The molecular weight excluding hydrogens is 426 g/mol. The summed E-state index contributed by atoms with van der Waals surface area (Å²) >= 11 is 0. The minimum atomic E-state index is 0.0985. The molecule has 9 nitrogen and oxygen atoms in total. The van der Waals surface area contributed by atoms with E-state index in [0.29, 0.717) is 28.5 Å². The molecule has 2 heterocycles. The Labute approximate surface area is 196 Å². The lowest BCUT2D eigenvalue weighted by Gasteiger charge is -2.15. The average Bonchev–Trinajstić information content (AvgIpc) is 3.23. The normalized spacial score (nSPS) is 10.6. The van der Waals surface area contributed by atoms with Gasteiger partial charge in [-0.1, -0.05) is 0 Å². The van der Waals surface area contributed by atoms with E-state index in [4.69, 9.17) is 10.5 Å². The summed E-state index contributed by atoms with van der Waals surface area (Å²) in [5.74, 6) is 0.813. The smallest absolute Gasteiger partial charge is 0.231 e. The third-order valence-electron chi connectivity index (χ3n) is 5.12. The van der Waals surface area contributed by atoms with Gasteiger partial charge in [0.1, 0.15) is 6.54 Å². The van der Waals surface area contributed by atoms with Crippen molar-refractivity contribution in [2.24, 2.45) is 0 Å². The van der Waals surface area contributed by atoms with Crippen LogP contribution in [0.25, 0.3) is 17.2 Å². The number of fused-ring (bicyclic) bond motifs is 1. The van der Waals surface area contributed by atoms with Gasteiger partial charge < -0.3 is 15.2 Å². The summed E-state index contributed by atoms with van der Waals surface area (Å²) in [5.41, 5.74) is 6.06. The summed E-state index contributed by atoms with van der Waals surface area (Å²) in [6.07, 6.45) is 4.77. The highest BCUT2D eigenvalue weighted by Gasteiger charge is 2.16. The van der Waals surface area contributed by atoms with E-state index in [-0.39, 0.29) is 6.54 Å². The first-order chi connectivity index (χ1) is 16.5. The number of nitrogens with zero attached hydrogens (tertiary/aromatic N) is 7. The summed E-state index contributed by atoms with van der Waals surface area (Å²) in [5, 5.41) is 33.6. The van der Waals surface area contributed by atoms with Gasteiger partial charge in [-0.05, 0) is 73.0 Å². The molecule has 34 heavy (non-hydrogen) atoms. The molecule has 2 N–H and O–H groups in total. The molecule has 0 unspecified atom stereocenters. The second kappa shape index (κ2) is 9.52. The molecule has 164 valence electrons. The predicted octanol–water partition coefficient (Wildman–Crippen LogP) is 4.86. The molecule has 0 radical (unpaired) electrons. The van der Waals surface area contributed by atoms with Gasteiger partial charge in [-0.15, -0.1) is 0 Å². The van der Waals surface area contributed by atoms with E-state index < -0.39 is 0 Å². The number of aryl methyl sites for hydroxylation is 2. The molecule has 4 aromatic rings. The van der Waals surface area contributed by atoms with Crippen LogP contribution in [0, 0.1) is 47.8 Å². The molecule has 0 aliphatic heterocycles. The largest absolute Gasteiger partial charge is 0.338 e. The Bertz CT molecular complexity index is 1500. The average molecular weight is 445 g/mol. The molecular formula is C25H19N9. The second-order valence-electron chi connectivity index (χ2n) is 7.53. The molecule has 0 aliphatic rings. The van der Waals surface area contributed by atoms with Crippen molar-refractivity contribution < 1.29 is 0 Å². The van der Waals surface area contributed by atoms with Crippen molar-refractivity contribution in [1.82, 2.24) is 19.5 Å². The zero-order valence-corrected chi connectivity index (χ0v) is 18.5. The molecule has 0 saturated heterocycles. The third kappa shape index (κ3) is 4.52. The molecule has 4 rings (SSSR count). The lowest BCUT2D eigenvalue weighted by molar-refractivity contribution is 0.847. The Morgan fingerprint density at radius 1 is 1.00 bits per heavy atom. The maximum Gasteiger partial charge on any atom is 0.231 e. The maximum atomic E-state index is 9.19. The molecule has 0 amide bonds. The fraction of sp³-hybridized carbons (Fsp3) is 0.120. The van der Waals surface area contributed by atoms with Gasteiger partial charge in [0.25, 0.3) is 0 Å². The number of aromatic nitrogens is 4. The van der Waals surface area contributed by atoms with E-state index in [2.05, 4.69) is 37.7 Å². The van der Waals surface area contributed by atoms with Gasteiger partial charge in [0.05, 0.1) is 30.1 Å². The minimum absolute atomic E-state index is 0.0985. The van der Waals surface area contributed by atoms with Crippen LogP contribution in [0.2, 0.25) is 0 Å². The lowest BCUT2D eigenvalue weighted by Crippen LogP contribution is -2.05. The highest BCUT2D eigenvalue weighted by Crippen LogP contribution is 2.30. The zero-order chi connectivity index (χ0) is 24.1. The fourth-order valence-electron chi connectivity index (χ4n) is 3.58.